The fraction of sp³-hybridized carbons (Fsp3) is 0.474. The zero-order chi connectivity index (χ0) is 19.2. The number of thiazole rings is 1. The largest absolute Gasteiger partial charge is 0.486 e. The Balaban J connectivity index is 1.59. The van der Waals surface area contributed by atoms with Crippen molar-refractivity contribution in [2.45, 2.75) is 33.7 Å². The Morgan fingerprint density at radius 2 is 2.07 bits per heavy atom. The van der Waals surface area contributed by atoms with E-state index in [9.17, 15) is 0 Å². The van der Waals surface area contributed by atoms with Crippen LogP contribution in [-0.4, -0.2) is 37.2 Å². The molecule has 8 heteroatoms. The molecule has 1 aliphatic rings. The Labute approximate surface area is 169 Å². The van der Waals surface area contributed by atoms with Gasteiger partial charge in [-0.1, -0.05) is 11.6 Å². The molecule has 1 aromatic carbocycles. The number of rotatable bonds is 6. The number of aromatic nitrogens is 1. The minimum Gasteiger partial charge on any atom is -0.486 e. The van der Waals surface area contributed by atoms with Crippen LogP contribution in [0.1, 0.15) is 28.1 Å². The van der Waals surface area contributed by atoms with Gasteiger partial charge in [0.25, 0.3) is 0 Å². The molecule has 0 amide bonds. The van der Waals surface area contributed by atoms with E-state index in [1.165, 1.54) is 4.88 Å². The molecule has 0 aliphatic carbocycles. The average molecular weight is 409 g/mol. The quantitative estimate of drug-likeness (QED) is 0.565. The number of ether oxygens (including phenoxy) is 2. The predicted molar refractivity (Wildman–Crippen MR) is 111 cm³/mol. The topological polar surface area (TPSA) is 67.8 Å². The van der Waals surface area contributed by atoms with Gasteiger partial charge in [0.2, 0.25) is 0 Å². The van der Waals surface area contributed by atoms with Crippen molar-refractivity contribution >= 4 is 28.9 Å². The summed E-state index contributed by atoms with van der Waals surface area (Å²) in [5.74, 6) is 2.16. The Kier molecular flexibility index (Phi) is 6.79. The van der Waals surface area contributed by atoms with E-state index in [0.717, 1.165) is 47.5 Å². The molecule has 146 valence electrons. The van der Waals surface area contributed by atoms with Crippen LogP contribution >= 0.6 is 22.9 Å². The smallest absolute Gasteiger partial charge is 0.191 e. The van der Waals surface area contributed by atoms with Gasteiger partial charge < -0.3 is 20.1 Å². The first-order valence-corrected chi connectivity index (χ1v) is 10.3. The molecule has 2 heterocycles. The van der Waals surface area contributed by atoms with Crippen LogP contribution in [0.2, 0.25) is 5.02 Å². The zero-order valence-corrected chi connectivity index (χ0v) is 17.5. The molecular formula is C19H25ClN4O2S. The van der Waals surface area contributed by atoms with Gasteiger partial charge in [0, 0.05) is 18.0 Å². The zero-order valence-electron chi connectivity index (χ0n) is 15.9. The van der Waals surface area contributed by atoms with Gasteiger partial charge in [0.1, 0.15) is 13.2 Å². The highest BCUT2D eigenvalue weighted by Crippen LogP contribution is 2.38. The number of benzene rings is 1. The first kappa shape index (κ1) is 19.8. The highest BCUT2D eigenvalue weighted by Gasteiger charge is 2.16. The highest BCUT2D eigenvalue weighted by atomic mass is 35.5. The van der Waals surface area contributed by atoms with Crippen LogP contribution in [0.4, 0.5) is 0 Å². The second-order valence-electron chi connectivity index (χ2n) is 6.22. The van der Waals surface area contributed by atoms with E-state index in [4.69, 9.17) is 21.1 Å². The van der Waals surface area contributed by atoms with Crippen molar-refractivity contribution in [3.8, 4) is 11.5 Å². The predicted octanol–water partition coefficient (Wildman–Crippen LogP) is 3.48. The summed E-state index contributed by atoms with van der Waals surface area (Å²) in [6.45, 7) is 9.37. The van der Waals surface area contributed by atoms with E-state index in [-0.39, 0.29) is 0 Å². The molecule has 0 bridgehead atoms. The lowest BCUT2D eigenvalue weighted by atomic mass is 10.1. The van der Waals surface area contributed by atoms with Crippen molar-refractivity contribution in [1.82, 2.24) is 15.6 Å². The van der Waals surface area contributed by atoms with Gasteiger partial charge in [0.05, 0.1) is 22.3 Å². The molecule has 1 aliphatic heterocycles. The molecule has 0 radical (unpaired) electrons. The van der Waals surface area contributed by atoms with Crippen molar-refractivity contribution in [2.24, 2.45) is 4.99 Å². The van der Waals surface area contributed by atoms with E-state index < -0.39 is 0 Å². The molecule has 0 saturated heterocycles. The summed E-state index contributed by atoms with van der Waals surface area (Å²) in [5, 5.41) is 8.32. The number of guanidine groups is 1. The van der Waals surface area contributed by atoms with Crippen LogP contribution in [0.5, 0.6) is 11.5 Å². The minimum atomic E-state index is 0.537. The number of fused-ring (bicyclic) bond motifs is 1. The molecule has 0 fully saturated rings. The molecule has 2 aromatic rings. The van der Waals surface area contributed by atoms with Crippen LogP contribution in [0.3, 0.4) is 0 Å². The molecule has 6 nitrogen and oxygen atoms in total. The highest BCUT2D eigenvalue weighted by molar-refractivity contribution is 7.11. The van der Waals surface area contributed by atoms with E-state index in [0.29, 0.717) is 30.5 Å². The summed E-state index contributed by atoms with van der Waals surface area (Å²) in [5.41, 5.74) is 2.16. The number of aryl methyl sites for hydroxylation is 2. The summed E-state index contributed by atoms with van der Waals surface area (Å²) in [6.07, 6.45) is 0.805. The molecule has 0 unspecified atom stereocenters. The standard InChI is InChI=1S/C19H25ClN4O2S/c1-4-21-19(23-11-17-12(2)24-13(3)27-17)22-6-5-14-9-15(20)18-16(10-14)25-7-8-26-18/h9-10H,4-8,11H2,1-3H3,(H2,21,22,23). The second kappa shape index (κ2) is 9.28. The number of halogens is 1. The maximum Gasteiger partial charge on any atom is 0.191 e. The van der Waals surface area contributed by atoms with Gasteiger partial charge in [0.15, 0.2) is 17.5 Å². The summed E-state index contributed by atoms with van der Waals surface area (Å²) in [7, 11) is 0. The minimum absolute atomic E-state index is 0.537. The van der Waals surface area contributed by atoms with Gasteiger partial charge in [-0.15, -0.1) is 11.3 Å². The number of hydrogen-bond donors (Lipinski definition) is 2. The van der Waals surface area contributed by atoms with Crippen molar-refractivity contribution in [3.63, 3.8) is 0 Å². The summed E-state index contributed by atoms with van der Waals surface area (Å²) in [4.78, 5) is 10.3. The van der Waals surface area contributed by atoms with Gasteiger partial charge in [-0.25, -0.2) is 9.98 Å². The summed E-state index contributed by atoms with van der Waals surface area (Å²) >= 11 is 8.00. The Bertz CT molecular complexity index is 822. The van der Waals surface area contributed by atoms with Crippen LogP contribution in [-0.2, 0) is 13.0 Å². The third-order valence-corrected chi connectivity index (χ3v) is 5.43. The van der Waals surface area contributed by atoms with E-state index in [1.807, 2.05) is 26.0 Å². The van der Waals surface area contributed by atoms with E-state index >= 15 is 0 Å². The van der Waals surface area contributed by atoms with Gasteiger partial charge in [-0.05, 0) is 44.9 Å². The van der Waals surface area contributed by atoms with Crippen molar-refractivity contribution in [1.29, 1.82) is 0 Å². The van der Waals surface area contributed by atoms with Crippen LogP contribution in [0.25, 0.3) is 0 Å². The monoisotopic (exact) mass is 408 g/mol. The molecule has 0 spiro atoms. The lowest BCUT2D eigenvalue weighted by Crippen LogP contribution is -2.38. The first-order chi connectivity index (χ1) is 13.1. The second-order valence-corrected chi connectivity index (χ2v) is 7.91. The summed E-state index contributed by atoms with van der Waals surface area (Å²) in [6, 6.07) is 3.93. The number of aliphatic imine (C=N–C) groups is 1. The van der Waals surface area contributed by atoms with Crippen LogP contribution in [0.15, 0.2) is 17.1 Å². The van der Waals surface area contributed by atoms with Crippen molar-refractivity contribution in [2.75, 3.05) is 26.3 Å². The molecular weight excluding hydrogens is 384 g/mol. The van der Waals surface area contributed by atoms with Crippen molar-refractivity contribution < 1.29 is 9.47 Å². The third-order valence-electron chi connectivity index (χ3n) is 4.09. The Morgan fingerprint density at radius 1 is 1.26 bits per heavy atom. The average Bonchev–Trinajstić information content (AvgIpc) is 2.97. The molecule has 3 rings (SSSR count). The lowest BCUT2D eigenvalue weighted by Gasteiger charge is -2.20. The number of nitrogens with one attached hydrogen (secondary N) is 2. The molecule has 27 heavy (non-hydrogen) atoms. The molecule has 0 atom stereocenters. The Morgan fingerprint density at radius 3 is 2.81 bits per heavy atom. The normalized spacial score (nSPS) is 13.6. The first-order valence-electron chi connectivity index (χ1n) is 9.10. The van der Waals surface area contributed by atoms with E-state index in [2.05, 4.69) is 27.5 Å². The van der Waals surface area contributed by atoms with Crippen LogP contribution < -0.4 is 20.1 Å². The van der Waals surface area contributed by atoms with Crippen molar-refractivity contribution in [3.05, 3.63) is 38.3 Å². The fourth-order valence-electron chi connectivity index (χ4n) is 2.85. The van der Waals surface area contributed by atoms with E-state index in [1.54, 1.807) is 11.3 Å². The van der Waals surface area contributed by atoms with Gasteiger partial charge in [-0.3, -0.25) is 0 Å². The number of nitrogens with zero attached hydrogens (tertiary/aromatic N) is 2. The number of hydrogen-bond acceptors (Lipinski definition) is 5. The maximum atomic E-state index is 6.31. The van der Waals surface area contributed by atoms with Gasteiger partial charge >= 0.3 is 0 Å². The molecule has 2 N–H and O–H groups in total. The fourth-order valence-corrected chi connectivity index (χ4v) is 4.00. The van der Waals surface area contributed by atoms with Crippen LogP contribution in [0, 0.1) is 13.8 Å². The molecule has 1 aromatic heterocycles. The Hall–Kier alpha value is -1.99. The van der Waals surface area contributed by atoms with Gasteiger partial charge in [-0.2, -0.15) is 0 Å². The lowest BCUT2D eigenvalue weighted by molar-refractivity contribution is 0.171. The molecule has 0 saturated carbocycles. The maximum absolute atomic E-state index is 6.31. The third kappa shape index (κ3) is 5.26. The SMILES string of the molecule is CCNC(=NCc1sc(C)nc1C)NCCc1cc(Cl)c2c(c1)OCCO2. The summed E-state index contributed by atoms with van der Waals surface area (Å²) < 4.78 is 11.2.